The van der Waals surface area contributed by atoms with Crippen molar-refractivity contribution in [2.24, 2.45) is 0 Å². The number of anilines is 3. The number of hydrogen-bond acceptors (Lipinski definition) is 5. The Morgan fingerprint density at radius 3 is 2.67 bits per heavy atom. The first-order chi connectivity index (χ1) is 10.1. The van der Waals surface area contributed by atoms with E-state index in [2.05, 4.69) is 20.2 Å². The first kappa shape index (κ1) is 14.4. The van der Waals surface area contributed by atoms with Crippen LogP contribution in [0.2, 0.25) is 10.3 Å². The minimum absolute atomic E-state index is 0.143. The highest BCUT2D eigenvalue weighted by atomic mass is 35.5. The maximum atomic E-state index is 9.57. The van der Waals surface area contributed by atoms with Crippen molar-refractivity contribution in [3.05, 3.63) is 40.8 Å². The van der Waals surface area contributed by atoms with Crippen LogP contribution in [0.15, 0.2) is 30.5 Å². The predicted octanol–water partition coefficient (Wildman–Crippen LogP) is 3.10. The molecule has 2 aromatic rings. The van der Waals surface area contributed by atoms with Gasteiger partial charge in [0.05, 0.1) is 12.3 Å². The van der Waals surface area contributed by atoms with Gasteiger partial charge < -0.3 is 15.3 Å². The van der Waals surface area contributed by atoms with E-state index in [0.717, 1.165) is 24.3 Å². The van der Waals surface area contributed by atoms with E-state index in [1.54, 1.807) is 0 Å². The van der Waals surface area contributed by atoms with Crippen molar-refractivity contribution in [3.8, 4) is 0 Å². The summed E-state index contributed by atoms with van der Waals surface area (Å²) in [6, 6.07) is 7.87. The highest BCUT2D eigenvalue weighted by Gasteiger charge is 2.20. The lowest BCUT2D eigenvalue weighted by Gasteiger charge is -2.18. The van der Waals surface area contributed by atoms with Crippen LogP contribution in [0.3, 0.4) is 0 Å². The van der Waals surface area contributed by atoms with Gasteiger partial charge in [-0.1, -0.05) is 11.6 Å². The number of rotatable bonds is 3. The van der Waals surface area contributed by atoms with E-state index in [1.165, 1.54) is 6.20 Å². The van der Waals surface area contributed by atoms with Gasteiger partial charge in [-0.2, -0.15) is 4.98 Å². The van der Waals surface area contributed by atoms with Crippen molar-refractivity contribution in [1.82, 2.24) is 9.97 Å². The zero-order chi connectivity index (χ0) is 14.8. The van der Waals surface area contributed by atoms with Gasteiger partial charge in [-0.05, 0) is 42.3 Å². The number of nitrogens with zero attached hydrogens (tertiary/aromatic N) is 3. The number of nitrogens with one attached hydrogen (secondary N) is 1. The Labute approximate surface area is 132 Å². The van der Waals surface area contributed by atoms with E-state index in [1.807, 2.05) is 24.3 Å². The number of hydrogen-bond donors (Lipinski definition) is 2. The topological polar surface area (TPSA) is 61.3 Å². The summed E-state index contributed by atoms with van der Waals surface area (Å²) in [4.78, 5) is 10.0. The van der Waals surface area contributed by atoms with Gasteiger partial charge in [0.1, 0.15) is 5.02 Å². The molecule has 2 N–H and O–H groups in total. The van der Waals surface area contributed by atoms with Crippen molar-refractivity contribution in [2.45, 2.75) is 12.5 Å². The zero-order valence-corrected chi connectivity index (χ0v) is 12.6. The molecule has 1 aliphatic heterocycles. The summed E-state index contributed by atoms with van der Waals surface area (Å²) in [7, 11) is 0. The summed E-state index contributed by atoms with van der Waals surface area (Å²) < 4.78 is 0. The summed E-state index contributed by atoms with van der Waals surface area (Å²) in [5, 5.41) is 13.2. The van der Waals surface area contributed by atoms with Crippen LogP contribution in [0.4, 0.5) is 17.2 Å². The van der Waals surface area contributed by atoms with Crippen molar-refractivity contribution >= 4 is 40.4 Å². The van der Waals surface area contributed by atoms with Gasteiger partial charge in [0.15, 0.2) is 5.82 Å². The summed E-state index contributed by atoms with van der Waals surface area (Å²) in [6.45, 7) is 1.56. The third-order valence-corrected chi connectivity index (χ3v) is 3.83. The molecule has 110 valence electrons. The van der Waals surface area contributed by atoms with Gasteiger partial charge in [-0.25, -0.2) is 4.98 Å². The van der Waals surface area contributed by atoms with Crippen molar-refractivity contribution in [3.63, 3.8) is 0 Å². The van der Waals surface area contributed by atoms with Crippen LogP contribution in [0.1, 0.15) is 6.42 Å². The molecule has 0 saturated carbocycles. The molecule has 1 atom stereocenters. The van der Waals surface area contributed by atoms with E-state index in [0.29, 0.717) is 17.4 Å². The fourth-order valence-electron chi connectivity index (χ4n) is 2.30. The average molecular weight is 325 g/mol. The molecule has 3 rings (SSSR count). The monoisotopic (exact) mass is 324 g/mol. The number of aliphatic hydroxyl groups is 1. The fourth-order valence-corrected chi connectivity index (χ4v) is 2.57. The van der Waals surface area contributed by atoms with Crippen LogP contribution >= 0.6 is 23.2 Å². The molecule has 0 spiro atoms. The highest BCUT2D eigenvalue weighted by molar-refractivity contribution is 6.33. The minimum Gasteiger partial charge on any atom is -0.391 e. The third-order valence-electron chi connectivity index (χ3n) is 3.37. The Hall–Kier alpha value is -1.56. The Kier molecular flexibility index (Phi) is 4.14. The fraction of sp³-hybridized carbons (Fsp3) is 0.286. The molecule has 2 heterocycles. The molecule has 0 radical (unpaired) electrons. The number of benzene rings is 1. The standard InChI is InChI=1S/C14H14Cl2N4O/c15-12-7-17-14(16)19-13(12)18-9-1-3-10(4-2-9)20-6-5-11(21)8-20/h1-4,7,11,21H,5-6,8H2,(H,17,18,19)/t11-/m1/s1. The molecule has 7 heteroatoms. The second-order valence-electron chi connectivity index (χ2n) is 4.90. The Bertz CT molecular complexity index is 635. The lowest BCUT2D eigenvalue weighted by atomic mass is 10.2. The zero-order valence-electron chi connectivity index (χ0n) is 11.1. The van der Waals surface area contributed by atoms with E-state index >= 15 is 0 Å². The second-order valence-corrected chi connectivity index (χ2v) is 5.64. The quantitative estimate of drug-likeness (QED) is 0.849. The number of aromatic nitrogens is 2. The van der Waals surface area contributed by atoms with Crippen molar-refractivity contribution in [2.75, 3.05) is 23.3 Å². The summed E-state index contributed by atoms with van der Waals surface area (Å²) >= 11 is 11.8. The molecule has 5 nitrogen and oxygen atoms in total. The molecule has 1 aliphatic rings. The largest absolute Gasteiger partial charge is 0.391 e. The maximum absolute atomic E-state index is 9.57. The minimum atomic E-state index is -0.232. The lowest BCUT2D eigenvalue weighted by molar-refractivity contribution is 0.198. The molecular weight excluding hydrogens is 311 g/mol. The maximum Gasteiger partial charge on any atom is 0.224 e. The molecule has 1 fully saturated rings. The molecule has 0 amide bonds. The molecule has 1 saturated heterocycles. The first-order valence-corrected chi connectivity index (χ1v) is 7.35. The van der Waals surface area contributed by atoms with Crippen LogP contribution in [0.5, 0.6) is 0 Å². The lowest BCUT2D eigenvalue weighted by Crippen LogP contribution is -2.20. The molecule has 0 aliphatic carbocycles. The summed E-state index contributed by atoms with van der Waals surface area (Å²) in [6.07, 6.45) is 2.04. The van der Waals surface area contributed by atoms with E-state index in [4.69, 9.17) is 23.2 Å². The number of β-amino-alcohol motifs (C(OH)–C–C–N with tert-alkyl or cyclic N) is 1. The molecular formula is C14H14Cl2N4O. The van der Waals surface area contributed by atoms with Gasteiger partial charge in [0.25, 0.3) is 0 Å². The second kappa shape index (κ2) is 6.05. The van der Waals surface area contributed by atoms with Gasteiger partial charge in [0, 0.05) is 24.5 Å². The third kappa shape index (κ3) is 3.37. The average Bonchev–Trinajstić information content (AvgIpc) is 2.90. The molecule has 1 aromatic heterocycles. The smallest absolute Gasteiger partial charge is 0.224 e. The van der Waals surface area contributed by atoms with Crippen LogP contribution in [-0.2, 0) is 0 Å². The number of halogens is 2. The molecule has 1 aromatic carbocycles. The molecule has 0 bridgehead atoms. The van der Waals surface area contributed by atoms with E-state index in [9.17, 15) is 5.11 Å². The van der Waals surface area contributed by atoms with Crippen LogP contribution < -0.4 is 10.2 Å². The molecule has 0 unspecified atom stereocenters. The van der Waals surface area contributed by atoms with Gasteiger partial charge in [-0.15, -0.1) is 0 Å². The Morgan fingerprint density at radius 1 is 1.24 bits per heavy atom. The van der Waals surface area contributed by atoms with Crippen LogP contribution in [0.25, 0.3) is 0 Å². The van der Waals surface area contributed by atoms with Crippen LogP contribution in [-0.4, -0.2) is 34.3 Å². The van der Waals surface area contributed by atoms with Crippen molar-refractivity contribution < 1.29 is 5.11 Å². The Balaban J connectivity index is 1.74. The number of aliphatic hydroxyl groups excluding tert-OH is 1. The summed E-state index contributed by atoms with van der Waals surface area (Å²) in [5.74, 6) is 0.473. The van der Waals surface area contributed by atoms with Crippen molar-refractivity contribution in [1.29, 1.82) is 0 Å². The highest BCUT2D eigenvalue weighted by Crippen LogP contribution is 2.26. The SMILES string of the molecule is O[C@@H]1CCN(c2ccc(Nc3nc(Cl)ncc3Cl)cc2)C1. The first-order valence-electron chi connectivity index (χ1n) is 6.60. The summed E-state index contributed by atoms with van der Waals surface area (Å²) in [5.41, 5.74) is 1.94. The van der Waals surface area contributed by atoms with Gasteiger partial charge >= 0.3 is 0 Å². The normalized spacial score (nSPS) is 18.0. The van der Waals surface area contributed by atoms with Crippen LogP contribution in [0, 0.1) is 0 Å². The molecule has 21 heavy (non-hydrogen) atoms. The van der Waals surface area contributed by atoms with Gasteiger partial charge in [-0.3, -0.25) is 0 Å². The van der Waals surface area contributed by atoms with E-state index < -0.39 is 0 Å². The Morgan fingerprint density at radius 2 is 2.00 bits per heavy atom. The van der Waals surface area contributed by atoms with E-state index in [-0.39, 0.29) is 11.4 Å². The van der Waals surface area contributed by atoms with Gasteiger partial charge in [0.2, 0.25) is 5.28 Å². The predicted molar refractivity (Wildman–Crippen MR) is 84.6 cm³/mol.